The Morgan fingerprint density at radius 2 is 1.50 bits per heavy atom. The fourth-order valence-corrected chi connectivity index (χ4v) is 5.31. The van der Waals surface area contributed by atoms with Gasteiger partial charge in [0.15, 0.2) is 0 Å². The molecular weight excluding hydrogens is 474 g/mol. The molecule has 1 amide bonds. The van der Waals surface area contributed by atoms with Crippen LogP contribution in [0.15, 0.2) is 91.0 Å². The highest BCUT2D eigenvalue weighted by atomic mass is 16.5. The Balaban J connectivity index is 1.48. The zero-order chi connectivity index (χ0) is 26.7. The van der Waals surface area contributed by atoms with E-state index in [2.05, 4.69) is 31.2 Å². The fraction of sp³-hybridized carbons (Fsp3) is 0.364. The molecule has 0 aliphatic carbocycles. The summed E-state index contributed by atoms with van der Waals surface area (Å²) in [6.45, 7) is 2.42. The van der Waals surface area contributed by atoms with Gasteiger partial charge in [0.05, 0.1) is 0 Å². The molecule has 1 heterocycles. The first-order valence-electron chi connectivity index (χ1n) is 13.8. The summed E-state index contributed by atoms with van der Waals surface area (Å²) in [6, 6.07) is 28.1. The summed E-state index contributed by atoms with van der Waals surface area (Å²) in [7, 11) is 0. The van der Waals surface area contributed by atoms with Crippen LogP contribution >= 0.6 is 0 Å². The molecular formula is C33H37NO4. The molecule has 1 aliphatic heterocycles. The molecule has 0 spiro atoms. The second-order valence-electron chi connectivity index (χ2n) is 10.1. The Labute approximate surface area is 225 Å². The van der Waals surface area contributed by atoms with Gasteiger partial charge < -0.3 is 9.64 Å². The predicted molar refractivity (Wildman–Crippen MR) is 149 cm³/mol. The quantitative estimate of drug-likeness (QED) is 0.170. The van der Waals surface area contributed by atoms with Crippen LogP contribution in [0.5, 0.6) is 0 Å². The number of carbonyl (C=O) groups excluding carboxylic acids is 3. The van der Waals surface area contributed by atoms with Crippen LogP contribution < -0.4 is 0 Å². The number of rotatable bonds is 11. The lowest BCUT2D eigenvalue weighted by Crippen LogP contribution is -2.52. The summed E-state index contributed by atoms with van der Waals surface area (Å²) in [6.07, 6.45) is 5.19. The van der Waals surface area contributed by atoms with Crippen LogP contribution in [0.2, 0.25) is 0 Å². The standard InChI is InChI=1S/C33H37NO4/c1-2-13-29(21-12-16-25-14-6-3-7-15-25)38-33(37)30-24-28(26-17-8-4-9-18-26)22-23-34(30)32(36)31(35)27-19-10-5-11-20-27/h3-11,14-15,17-20,28-30H,2,12-13,16,21-24H2,1H3. The molecule has 3 aromatic rings. The lowest BCUT2D eigenvalue weighted by molar-refractivity contribution is -0.161. The van der Waals surface area contributed by atoms with Gasteiger partial charge in [0.2, 0.25) is 5.78 Å². The van der Waals surface area contributed by atoms with Gasteiger partial charge in [-0.25, -0.2) is 4.79 Å². The minimum Gasteiger partial charge on any atom is -0.461 e. The molecule has 0 bridgehead atoms. The maximum Gasteiger partial charge on any atom is 0.329 e. The van der Waals surface area contributed by atoms with E-state index >= 15 is 0 Å². The number of benzene rings is 3. The predicted octanol–water partition coefficient (Wildman–Crippen LogP) is 6.38. The van der Waals surface area contributed by atoms with E-state index in [9.17, 15) is 14.4 Å². The lowest BCUT2D eigenvalue weighted by Gasteiger charge is -2.38. The first-order chi connectivity index (χ1) is 18.6. The van der Waals surface area contributed by atoms with Gasteiger partial charge in [-0.3, -0.25) is 9.59 Å². The van der Waals surface area contributed by atoms with Crippen molar-refractivity contribution in [3.63, 3.8) is 0 Å². The molecule has 3 unspecified atom stereocenters. The van der Waals surface area contributed by atoms with E-state index in [-0.39, 0.29) is 12.0 Å². The van der Waals surface area contributed by atoms with E-state index in [0.717, 1.165) is 37.7 Å². The topological polar surface area (TPSA) is 63.7 Å². The van der Waals surface area contributed by atoms with E-state index in [4.69, 9.17) is 4.74 Å². The molecule has 5 nitrogen and oxygen atoms in total. The third-order valence-corrected chi connectivity index (χ3v) is 7.36. The highest BCUT2D eigenvalue weighted by Gasteiger charge is 2.40. The highest BCUT2D eigenvalue weighted by molar-refractivity contribution is 6.43. The van der Waals surface area contributed by atoms with Crippen molar-refractivity contribution in [2.75, 3.05) is 6.54 Å². The number of aryl methyl sites for hydroxylation is 1. The average molecular weight is 512 g/mol. The number of likely N-dealkylation sites (tertiary alicyclic amines) is 1. The average Bonchev–Trinajstić information content (AvgIpc) is 2.97. The van der Waals surface area contributed by atoms with Crippen LogP contribution in [-0.4, -0.2) is 41.3 Å². The van der Waals surface area contributed by atoms with E-state index in [0.29, 0.717) is 24.9 Å². The maximum atomic E-state index is 13.6. The summed E-state index contributed by atoms with van der Waals surface area (Å²) in [4.78, 5) is 41.5. The Hall–Kier alpha value is -3.73. The molecule has 0 saturated carbocycles. The van der Waals surface area contributed by atoms with Gasteiger partial charge >= 0.3 is 5.97 Å². The van der Waals surface area contributed by atoms with Crippen LogP contribution in [0.3, 0.4) is 0 Å². The molecule has 0 aromatic heterocycles. The van der Waals surface area contributed by atoms with Gasteiger partial charge in [0.25, 0.3) is 5.91 Å². The number of piperidine rings is 1. The zero-order valence-electron chi connectivity index (χ0n) is 22.1. The number of ketones is 1. The monoisotopic (exact) mass is 511 g/mol. The fourth-order valence-electron chi connectivity index (χ4n) is 5.31. The molecule has 4 rings (SSSR count). The Kier molecular flexibility index (Phi) is 9.85. The number of nitrogens with zero attached hydrogens (tertiary/aromatic N) is 1. The molecule has 3 atom stereocenters. The van der Waals surface area contributed by atoms with Crippen molar-refractivity contribution in [1.29, 1.82) is 0 Å². The van der Waals surface area contributed by atoms with Crippen LogP contribution in [0.4, 0.5) is 0 Å². The lowest BCUT2D eigenvalue weighted by atomic mass is 9.85. The maximum absolute atomic E-state index is 13.6. The first kappa shape index (κ1) is 27.3. The summed E-state index contributed by atoms with van der Waals surface area (Å²) in [5, 5.41) is 0. The molecule has 1 fully saturated rings. The Morgan fingerprint density at radius 1 is 0.868 bits per heavy atom. The number of carbonyl (C=O) groups is 3. The second-order valence-corrected chi connectivity index (χ2v) is 10.1. The van der Waals surface area contributed by atoms with Crippen LogP contribution in [0, 0.1) is 0 Å². The van der Waals surface area contributed by atoms with Gasteiger partial charge in [0.1, 0.15) is 12.1 Å². The summed E-state index contributed by atoms with van der Waals surface area (Å²) in [5.41, 5.74) is 2.74. The minimum absolute atomic E-state index is 0.118. The number of hydrogen-bond donors (Lipinski definition) is 0. The smallest absolute Gasteiger partial charge is 0.329 e. The number of hydrogen-bond acceptors (Lipinski definition) is 4. The number of esters is 1. The number of ether oxygens (including phenoxy) is 1. The van der Waals surface area contributed by atoms with Crippen molar-refractivity contribution in [3.05, 3.63) is 108 Å². The molecule has 1 saturated heterocycles. The molecule has 1 aliphatic rings. The highest BCUT2D eigenvalue weighted by Crippen LogP contribution is 2.33. The van der Waals surface area contributed by atoms with E-state index in [1.165, 1.54) is 10.5 Å². The summed E-state index contributed by atoms with van der Waals surface area (Å²) >= 11 is 0. The van der Waals surface area contributed by atoms with Gasteiger partial charge in [-0.2, -0.15) is 0 Å². The molecule has 5 heteroatoms. The SMILES string of the molecule is CCCC(CCCc1ccccc1)OC(=O)C1CC(c2ccccc2)CCN1C(=O)C(=O)c1ccccc1. The number of amides is 1. The van der Waals surface area contributed by atoms with Crippen molar-refractivity contribution in [2.24, 2.45) is 0 Å². The van der Waals surface area contributed by atoms with Crippen LogP contribution in [-0.2, 0) is 20.7 Å². The molecule has 198 valence electrons. The molecule has 0 N–H and O–H groups in total. The van der Waals surface area contributed by atoms with Crippen molar-refractivity contribution in [2.45, 2.75) is 69.9 Å². The Bertz CT molecular complexity index is 1180. The van der Waals surface area contributed by atoms with E-state index in [1.807, 2.05) is 36.4 Å². The minimum atomic E-state index is -0.789. The van der Waals surface area contributed by atoms with Crippen molar-refractivity contribution < 1.29 is 19.1 Å². The van der Waals surface area contributed by atoms with Crippen LogP contribution in [0.25, 0.3) is 0 Å². The van der Waals surface area contributed by atoms with Gasteiger partial charge in [-0.1, -0.05) is 104 Å². The summed E-state index contributed by atoms with van der Waals surface area (Å²) in [5.74, 6) is -1.51. The third-order valence-electron chi connectivity index (χ3n) is 7.36. The number of Topliss-reactive ketones (excluding diaryl/α,β-unsaturated/α-hetero) is 1. The molecule has 3 aromatic carbocycles. The zero-order valence-corrected chi connectivity index (χ0v) is 22.1. The van der Waals surface area contributed by atoms with Crippen molar-refractivity contribution >= 4 is 17.7 Å². The van der Waals surface area contributed by atoms with Crippen molar-refractivity contribution in [3.8, 4) is 0 Å². The summed E-state index contributed by atoms with van der Waals surface area (Å²) < 4.78 is 6.07. The van der Waals surface area contributed by atoms with Crippen LogP contribution in [0.1, 0.15) is 72.9 Å². The second kappa shape index (κ2) is 13.7. The third kappa shape index (κ3) is 7.18. The molecule has 0 radical (unpaired) electrons. The molecule has 38 heavy (non-hydrogen) atoms. The van der Waals surface area contributed by atoms with E-state index < -0.39 is 23.7 Å². The Morgan fingerprint density at radius 3 is 2.16 bits per heavy atom. The van der Waals surface area contributed by atoms with E-state index in [1.54, 1.807) is 30.3 Å². The normalized spacial score (nSPS) is 18.0. The van der Waals surface area contributed by atoms with Gasteiger partial charge in [-0.15, -0.1) is 0 Å². The first-order valence-corrected chi connectivity index (χ1v) is 13.8. The largest absolute Gasteiger partial charge is 0.461 e. The van der Waals surface area contributed by atoms with Crippen molar-refractivity contribution in [1.82, 2.24) is 4.90 Å². The van der Waals surface area contributed by atoms with Gasteiger partial charge in [-0.05, 0) is 55.6 Å². The van der Waals surface area contributed by atoms with Gasteiger partial charge in [0, 0.05) is 12.1 Å².